The van der Waals surface area contributed by atoms with Crippen molar-refractivity contribution in [1.82, 2.24) is 20.0 Å². The Morgan fingerprint density at radius 3 is 2.79 bits per heavy atom. The summed E-state index contributed by atoms with van der Waals surface area (Å²) in [6.07, 6.45) is 9.12. The fourth-order valence-electron chi connectivity index (χ4n) is 4.63. The van der Waals surface area contributed by atoms with Crippen LogP contribution in [0.25, 0.3) is 0 Å². The van der Waals surface area contributed by atoms with Crippen molar-refractivity contribution in [3.63, 3.8) is 0 Å². The summed E-state index contributed by atoms with van der Waals surface area (Å²) >= 11 is 0. The monoisotopic (exact) mass is 396 g/mol. The number of ether oxygens (including phenoxy) is 1. The maximum Gasteiger partial charge on any atom is 0.256 e. The van der Waals surface area contributed by atoms with Crippen LogP contribution in [0, 0.1) is 0 Å². The zero-order valence-corrected chi connectivity index (χ0v) is 17.6. The van der Waals surface area contributed by atoms with Gasteiger partial charge in [0.25, 0.3) is 5.91 Å². The van der Waals surface area contributed by atoms with Gasteiger partial charge >= 0.3 is 0 Å². The van der Waals surface area contributed by atoms with Crippen LogP contribution >= 0.6 is 0 Å². The van der Waals surface area contributed by atoms with E-state index in [0.29, 0.717) is 17.6 Å². The molecule has 1 saturated carbocycles. The smallest absolute Gasteiger partial charge is 0.256 e. The summed E-state index contributed by atoms with van der Waals surface area (Å²) in [4.78, 5) is 16.6. The number of hydrogen-bond acceptors (Lipinski definition) is 4. The second kappa shape index (κ2) is 8.99. The third kappa shape index (κ3) is 4.64. The molecule has 2 heterocycles. The van der Waals surface area contributed by atoms with Crippen molar-refractivity contribution in [3.8, 4) is 5.75 Å². The van der Waals surface area contributed by atoms with Crippen molar-refractivity contribution >= 4 is 5.91 Å². The number of likely N-dealkylation sites (tertiary alicyclic amines) is 1. The number of H-pyrrole nitrogens is 1. The van der Waals surface area contributed by atoms with Gasteiger partial charge in [0.05, 0.1) is 23.6 Å². The Balaban J connectivity index is 1.45. The molecule has 0 bridgehead atoms. The molecular formula is C23H32N4O2. The highest BCUT2D eigenvalue weighted by Crippen LogP contribution is 2.31. The lowest BCUT2D eigenvalue weighted by Crippen LogP contribution is -2.35. The third-order valence-electron chi connectivity index (χ3n) is 6.18. The molecule has 1 saturated heterocycles. The zero-order valence-electron chi connectivity index (χ0n) is 17.6. The molecule has 2 fully saturated rings. The molecule has 6 nitrogen and oxygen atoms in total. The van der Waals surface area contributed by atoms with Gasteiger partial charge in [0.15, 0.2) is 0 Å². The van der Waals surface area contributed by atoms with Crippen LogP contribution in [-0.4, -0.2) is 59.2 Å². The maximum atomic E-state index is 12.5. The van der Waals surface area contributed by atoms with Gasteiger partial charge in [-0.25, -0.2) is 0 Å². The van der Waals surface area contributed by atoms with Crippen LogP contribution in [0.5, 0.6) is 5.75 Å². The summed E-state index contributed by atoms with van der Waals surface area (Å²) in [5, 5.41) is 7.28. The third-order valence-corrected chi connectivity index (χ3v) is 6.18. The number of rotatable bonds is 6. The highest BCUT2D eigenvalue weighted by atomic mass is 16.5. The summed E-state index contributed by atoms with van der Waals surface area (Å²) in [7, 11) is 3.57. The van der Waals surface area contributed by atoms with E-state index in [9.17, 15) is 4.79 Å². The largest absolute Gasteiger partial charge is 0.490 e. The minimum absolute atomic E-state index is 0.0150. The lowest BCUT2D eigenvalue weighted by molar-refractivity contribution is 0.0825. The molecule has 29 heavy (non-hydrogen) atoms. The maximum absolute atomic E-state index is 12.5. The fraction of sp³-hybridized carbons (Fsp3) is 0.565. The van der Waals surface area contributed by atoms with E-state index in [1.54, 1.807) is 25.2 Å². The number of benzene rings is 1. The van der Waals surface area contributed by atoms with Crippen molar-refractivity contribution in [2.75, 3.05) is 27.2 Å². The van der Waals surface area contributed by atoms with E-state index in [1.807, 2.05) is 0 Å². The minimum Gasteiger partial charge on any atom is -0.490 e. The number of aromatic nitrogens is 2. The zero-order chi connectivity index (χ0) is 20.2. The van der Waals surface area contributed by atoms with Gasteiger partial charge in [-0.2, -0.15) is 5.10 Å². The first-order valence-corrected chi connectivity index (χ1v) is 10.8. The van der Waals surface area contributed by atoms with E-state index in [2.05, 4.69) is 39.4 Å². The Labute approximate surface area is 173 Å². The second-order valence-electron chi connectivity index (χ2n) is 8.60. The van der Waals surface area contributed by atoms with Gasteiger partial charge in [-0.1, -0.05) is 18.2 Å². The Morgan fingerprint density at radius 2 is 2.00 bits per heavy atom. The minimum atomic E-state index is 0.0150. The first-order chi connectivity index (χ1) is 14.1. The van der Waals surface area contributed by atoms with Crippen molar-refractivity contribution in [2.45, 2.75) is 57.1 Å². The van der Waals surface area contributed by atoms with E-state index in [-0.39, 0.29) is 5.91 Å². The average Bonchev–Trinajstić information content (AvgIpc) is 3.41. The number of para-hydroxylation sites is 1. The molecule has 1 aliphatic heterocycles. The highest BCUT2D eigenvalue weighted by Gasteiger charge is 2.28. The number of nitrogens with one attached hydrogen (secondary N) is 1. The van der Waals surface area contributed by atoms with Gasteiger partial charge in [0.1, 0.15) is 5.75 Å². The number of piperidine rings is 1. The van der Waals surface area contributed by atoms with Crippen molar-refractivity contribution < 1.29 is 9.53 Å². The summed E-state index contributed by atoms with van der Waals surface area (Å²) < 4.78 is 6.33. The lowest BCUT2D eigenvalue weighted by Gasteiger charge is -2.33. The average molecular weight is 397 g/mol. The highest BCUT2D eigenvalue weighted by molar-refractivity contribution is 5.94. The van der Waals surface area contributed by atoms with Gasteiger partial charge in [-0.3, -0.25) is 14.8 Å². The number of amides is 1. The molecular weight excluding hydrogens is 364 g/mol. The Kier molecular flexibility index (Phi) is 6.19. The van der Waals surface area contributed by atoms with Crippen LogP contribution in [-0.2, 0) is 6.54 Å². The van der Waals surface area contributed by atoms with E-state index >= 15 is 0 Å². The van der Waals surface area contributed by atoms with Gasteiger partial charge < -0.3 is 9.64 Å². The van der Waals surface area contributed by atoms with Crippen molar-refractivity contribution in [2.24, 2.45) is 0 Å². The molecule has 6 heteroatoms. The second-order valence-corrected chi connectivity index (χ2v) is 8.60. The molecule has 1 aliphatic carbocycles. The molecule has 1 aromatic carbocycles. The molecule has 1 N–H and O–H groups in total. The fourth-order valence-corrected chi connectivity index (χ4v) is 4.63. The summed E-state index contributed by atoms with van der Waals surface area (Å²) in [6.45, 7) is 2.87. The van der Waals surface area contributed by atoms with Crippen molar-refractivity contribution in [3.05, 3.63) is 47.3 Å². The summed E-state index contributed by atoms with van der Waals surface area (Å²) in [6, 6.07) is 8.46. The van der Waals surface area contributed by atoms with Crippen LogP contribution in [0.1, 0.15) is 66.1 Å². The standard InChI is InChI=1S/C23H32N4O2/c1-26(2)23(28)20-14-24-25-22(20)18-9-7-13-27(16-18)15-17-8-3-6-12-21(17)29-19-10-4-5-11-19/h3,6,8,12,14,18-19H,4-5,7,9-11,13,15-16H2,1-2H3,(H,24,25). The SMILES string of the molecule is CN(C)C(=O)c1cn[nH]c1C1CCCN(Cc2ccccc2OC2CCCC2)C1. The molecule has 1 aromatic heterocycles. The molecule has 2 aliphatic rings. The quantitative estimate of drug-likeness (QED) is 0.806. The molecule has 1 atom stereocenters. The number of nitrogens with zero attached hydrogens (tertiary/aromatic N) is 3. The molecule has 0 radical (unpaired) electrons. The van der Waals surface area contributed by atoms with E-state index < -0.39 is 0 Å². The summed E-state index contributed by atoms with van der Waals surface area (Å²) in [5.74, 6) is 1.35. The molecule has 4 rings (SSSR count). The normalized spacial score (nSPS) is 20.7. The predicted molar refractivity (Wildman–Crippen MR) is 113 cm³/mol. The lowest BCUT2D eigenvalue weighted by atomic mass is 9.92. The molecule has 0 spiro atoms. The molecule has 1 unspecified atom stereocenters. The van der Waals surface area contributed by atoms with Crippen LogP contribution in [0.15, 0.2) is 30.5 Å². The van der Waals surface area contributed by atoms with Gasteiger partial charge in [0, 0.05) is 38.7 Å². The van der Waals surface area contributed by atoms with Gasteiger partial charge in [0.2, 0.25) is 0 Å². The molecule has 156 valence electrons. The summed E-state index contributed by atoms with van der Waals surface area (Å²) in [5.41, 5.74) is 2.94. The number of aromatic amines is 1. The Morgan fingerprint density at radius 1 is 1.21 bits per heavy atom. The predicted octanol–water partition coefficient (Wildman–Crippen LogP) is 3.81. The van der Waals surface area contributed by atoms with Crippen molar-refractivity contribution in [1.29, 1.82) is 0 Å². The first-order valence-electron chi connectivity index (χ1n) is 10.8. The van der Waals surface area contributed by atoms with Crippen LogP contribution in [0.2, 0.25) is 0 Å². The Bertz CT molecular complexity index is 826. The molecule has 1 amide bonds. The number of carbonyl (C=O) groups is 1. The number of hydrogen-bond donors (Lipinski definition) is 1. The van der Waals surface area contributed by atoms with Crippen LogP contribution in [0.3, 0.4) is 0 Å². The Hall–Kier alpha value is -2.34. The number of carbonyl (C=O) groups excluding carboxylic acids is 1. The van der Waals surface area contributed by atoms with E-state index in [1.165, 1.54) is 31.2 Å². The van der Waals surface area contributed by atoms with Gasteiger partial charge in [-0.05, 0) is 51.1 Å². The van der Waals surface area contributed by atoms with Crippen LogP contribution in [0.4, 0.5) is 0 Å². The first kappa shape index (κ1) is 20.0. The van der Waals surface area contributed by atoms with E-state index in [4.69, 9.17) is 4.74 Å². The van der Waals surface area contributed by atoms with Gasteiger partial charge in [-0.15, -0.1) is 0 Å². The van der Waals surface area contributed by atoms with Crippen LogP contribution < -0.4 is 4.74 Å². The van der Waals surface area contributed by atoms with E-state index in [0.717, 1.165) is 43.9 Å². The molecule has 2 aromatic rings. The topological polar surface area (TPSA) is 61.5 Å².